The molecule has 2 atom stereocenters. The molecule has 0 fully saturated rings. The molecule has 9 heteroatoms. The maximum atomic E-state index is 15.5. The van der Waals surface area contributed by atoms with Crippen LogP contribution in [0.15, 0.2) is 42.7 Å². The average molecular weight is 557 g/mol. The summed E-state index contributed by atoms with van der Waals surface area (Å²) in [5, 5.41) is 10.2. The quantitative estimate of drug-likeness (QED) is 0.260. The lowest BCUT2D eigenvalue weighted by Gasteiger charge is -2.24. The molecule has 7 nitrogen and oxygen atoms in total. The highest BCUT2D eigenvalue weighted by Gasteiger charge is 2.44. The van der Waals surface area contributed by atoms with Crippen LogP contribution >= 0.6 is 0 Å². The summed E-state index contributed by atoms with van der Waals surface area (Å²) in [5.41, 5.74) is 1.99. The molecule has 2 aliphatic rings. The summed E-state index contributed by atoms with van der Waals surface area (Å²) in [6.07, 6.45) is 3.23. The largest absolute Gasteiger partial charge is 0.382 e. The van der Waals surface area contributed by atoms with E-state index in [1.54, 1.807) is 32.0 Å². The molecule has 4 aromatic rings. The first kappa shape index (κ1) is 22.9. The lowest BCUT2D eigenvalue weighted by molar-refractivity contribution is 0.0686. The average Bonchev–Trinajstić information content (AvgIpc) is 3.38. The zero-order chi connectivity index (χ0) is 31.1. The fraction of sp³-hybridized carbons (Fsp3) is 0.355. The molecule has 1 N–H and O–H groups in total. The van der Waals surface area contributed by atoms with Gasteiger partial charge in [-0.3, -0.25) is 4.79 Å². The molecule has 2 bridgehead atoms. The van der Waals surface area contributed by atoms with E-state index >= 15 is 4.39 Å². The van der Waals surface area contributed by atoms with E-state index in [2.05, 4.69) is 41.4 Å². The van der Waals surface area contributed by atoms with Crippen LogP contribution in [-0.2, 0) is 5.60 Å². The number of carbonyl (C=O) groups excluding carboxylic acids is 1. The summed E-state index contributed by atoms with van der Waals surface area (Å²) < 4.78 is 42.3. The Morgan fingerprint density at radius 1 is 1.18 bits per heavy atom. The summed E-state index contributed by atoms with van der Waals surface area (Å²) in [4.78, 5) is 28.0. The number of amides is 1. The normalized spacial score (nSPS) is 19.7. The second kappa shape index (κ2) is 9.08. The van der Waals surface area contributed by atoms with Gasteiger partial charge in [0, 0.05) is 69.8 Å². The molecule has 0 aliphatic carbocycles. The molecule has 0 radical (unpaired) electrons. The summed E-state index contributed by atoms with van der Waals surface area (Å²) in [5.74, 6) is 6.06. The third kappa shape index (κ3) is 4.32. The standard InChI is InChI=1S/C31H32FN5O2Si/c1-31(2,39)30-33-16-19(17-34-30)21-13-24-23(14-22(21)32)35-28-26-15-25(37(24)28)27-18(10-8-12-40(4,5)6)9-7-11-20(27)29(38)36(26)3/h7,9,11,13-14,16-17,25-26,39H,12,15H2,1-6H3/t25-,26-/m1/s1/i3D3. The Bertz CT molecular complexity index is 1850. The van der Waals surface area contributed by atoms with E-state index in [9.17, 15) is 9.90 Å². The fourth-order valence-corrected chi connectivity index (χ4v) is 6.11. The van der Waals surface area contributed by atoms with Gasteiger partial charge in [-0.25, -0.2) is 19.3 Å². The van der Waals surface area contributed by atoms with Crippen LogP contribution in [0, 0.1) is 17.7 Å². The number of fused-ring (bicyclic) bond motifs is 9. The monoisotopic (exact) mass is 556 g/mol. The minimum atomic E-state index is -2.73. The maximum Gasteiger partial charge on any atom is 0.254 e. The molecule has 4 heterocycles. The molecule has 0 saturated carbocycles. The Balaban J connectivity index is 1.58. The molecule has 204 valence electrons. The molecule has 2 aromatic carbocycles. The molecule has 0 spiro atoms. The second-order valence-electron chi connectivity index (χ2n) is 12.3. The smallest absolute Gasteiger partial charge is 0.254 e. The van der Waals surface area contributed by atoms with Crippen LogP contribution in [0.2, 0.25) is 25.7 Å². The van der Waals surface area contributed by atoms with Crippen molar-refractivity contribution in [3.63, 3.8) is 0 Å². The zero-order valence-electron chi connectivity index (χ0n) is 26.1. The van der Waals surface area contributed by atoms with Gasteiger partial charge in [-0.05, 0) is 32.0 Å². The molecule has 6 rings (SSSR count). The number of aliphatic hydroxyl groups is 1. The Hall–Kier alpha value is -3.87. The number of hydrogen-bond donors (Lipinski definition) is 1. The summed E-state index contributed by atoms with van der Waals surface area (Å²) >= 11 is 0. The summed E-state index contributed by atoms with van der Waals surface area (Å²) in [7, 11) is -1.46. The van der Waals surface area contributed by atoms with Crippen LogP contribution in [0.1, 0.15) is 69.6 Å². The first-order valence-electron chi connectivity index (χ1n) is 14.8. The number of nitrogens with zero attached hydrogens (tertiary/aromatic N) is 5. The Morgan fingerprint density at radius 2 is 1.93 bits per heavy atom. The van der Waals surface area contributed by atoms with Gasteiger partial charge in [-0.15, -0.1) is 5.92 Å². The molecular weight excluding hydrogens is 521 g/mol. The third-order valence-corrected chi connectivity index (χ3v) is 8.65. The topological polar surface area (TPSA) is 84.1 Å². The van der Waals surface area contributed by atoms with Gasteiger partial charge in [0.2, 0.25) is 0 Å². The maximum absolute atomic E-state index is 15.5. The van der Waals surface area contributed by atoms with Gasteiger partial charge in [0.1, 0.15) is 17.2 Å². The van der Waals surface area contributed by atoms with Crippen molar-refractivity contribution in [3.05, 3.63) is 76.9 Å². The van der Waals surface area contributed by atoms with Crippen LogP contribution in [-0.4, -0.2) is 50.5 Å². The first-order valence-corrected chi connectivity index (χ1v) is 17.0. The van der Waals surface area contributed by atoms with E-state index in [0.717, 1.165) is 10.9 Å². The van der Waals surface area contributed by atoms with Crippen LogP contribution in [0.25, 0.3) is 22.2 Å². The van der Waals surface area contributed by atoms with E-state index in [0.29, 0.717) is 45.5 Å². The number of carbonyl (C=O) groups is 1. The van der Waals surface area contributed by atoms with Crippen molar-refractivity contribution in [1.29, 1.82) is 0 Å². The van der Waals surface area contributed by atoms with Crippen molar-refractivity contribution < 1.29 is 18.4 Å². The van der Waals surface area contributed by atoms with Crippen LogP contribution in [0.4, 0.5) is 4.39 Å². The number of benzene rings is 2. The van der Waals surface area contributed by atoms with Crippen molar-refractivity contribution >= 4 is 25.0 Å². The van der Waals surface area contributed by atoms with E-state index in [1.807, 2.05) is 10.6 Å². The highest BCUT2D eigenvalue weighted by molar-refractivity contribution is 6.76. The molecule has 2 aliphatic heterocycles. The van der Waals surface area contributed by atoms with Crippen LogP contribution < -0.4 is 0 Å². The molecule has 0 saturated heterocycles. The Kier molecular flexibility index (Phi) is 5.20. The minimum Gasteiger partial charge on any atom is -0.382 e. The predicted molar refractivity (Wildman–Crippen MR) is 155 cm³/mol. The zero-order valence-corrected chi connectivity index (χ0v) is 24.1. The lowest BCUT2D eigenvalue weighted by atomic mass is 9.93. The Labute approximate surface area is 238 Å². The van der Waals surface area contributed by atoms with Crippen molar-refractivity contribution in [2.45, 2.75) is 63.6 Å². The van der Waals surface area contributed by atoms with E-state index in [1.165, 1.54) is 18.5 Å². The number of hydrogen-bond acceptors (Lipinski definition) is 5. The number of rotatable bonds is 3. The lowest BCUT2D eigenvalue weighted by Crippen LogP contribution is -2.30. The van der Waals surface area contributed by atoms with Gasteiger partial charge in [0.15, 0.2) is 5.82 Å². The fourth-order valence-electron chi connectivity index (χ4n) is 5.49. The van der Waals surface area contributed by atoms with Crippen molar-refractivity contribution in [1.82, 2.24) is 24.4 Å². The van der Waals surface area contributed by atoms with Crippen molar-refractivity contribution in [3.8, 4) is 23.0 Å². The number of aromatic nitrogens is 4. The van der Waals surface area contributed by atoms with E-state index in [4.69, 9.17) is 9.10 Å². The van der Waals surface area contributed by atoms with Gasteiger partial charge >= 0.3 is 0 Å². The van der Waals surface area contributed by atoms with Crippen LogP contribution in [0.5, 0.6) is 0 Å². The third-order valence-electron chi connectivity index (χ3n) is 7.41. The number of imidazole rings is 1. The van der Waals surface area contributed by atoms with E-state index in [-0.39, 0.29) is 11.4 Å². The summed E-state index contributed by atoms with van der Waals surface area (Å²) in [6, 6.07) is 7.74. The number of halogens is 1. The molecular formula is C31H32FN5O2Si. The molecule has 2 aromatic heterocycles. The molecule has 40 heavy (non-hydrogen) atoms. The highest BCUT2D eigenvalue weighted by atomic mass is 28.3. The SMILES string of the molecule is [2H]C([2H])([2H])N1C(=O)c2cccc(C#CC[Si](C)(C)C)c2[C@H]2C[C@@H]1c1nc3cc(F)c(-c4cnc(C(C)(C)O)nc4)cc3n12. The van der Waals surface area contributed by atoms with Gasteiger partial charge in [0.05, 0.1) is 31.2 Å². The highest BCUT2D eigenvalue weighted by Crippen LogP contribution is 2.48. The van der Waals surface area contributed by atoms with Crippen molar-refractivity contribution in [2.24, 2.45) is 0 Å². The molecule has 1 amide bonds. The van der Waals surface area contributed by atoms with Gasteiger partial charge in [-0.2, -0.15) is 0 Å². The van der Waals surface area contributed by atoms with Crippen LogP contribution in [0.3, 0.4) is 0 Å². The molecule has 0 unspecified atom stereocenters. The van der Waals surface area contributed by atoms with Crippen molar-refractivity contribution in [2.75, 3.05) is 6.98 Å². The first-order chi connectivity index (χ1) is 20.0. The van der Waals surface area contributed by atoms with Gasteiger partial charge in [0.25, 0.3) is 5.91 Å². The minimum absolute atomic E-state index is 0.210. The Morgan fingerprint density at radius 3 is 2.60 bits per heavy atom. The van der Waals surface area contributed by atoms with Gasteiger partial charge < -0.3 is 14.6 Å². The predicted octanol–water partition coefficient (Wildman–Crippen LogP) is 5.67. The van der Waals surface area contributed by atoms with E-state index < -0.39 is 44.5 Å². The van der Waals surface area contributed by atoms with Gasteiger partial charge in [-0.1, -0.05) is 31.6 Å². The second-order valence-corrected chi connectivity index (χ2v) is 17.7. The summed E-state index contributed by atoms with van der Waals surface area (Å²) in [6.45, 7) is 7.11.